The second kappa shape index (κ2) is 7.03. The highest BCUT2D eigenvalue weighted by molar-refractivity contribution is 5.98. The smallest absolute Gasteiger partial charge is 0.244 e. The Morgan fingerprint density at radius 3 is 2.78 bits per heavy atom. The summed E-state index contributed by atoms with van der Waals surface area (Å²) >= 11 is 0. The molecule has 0 atom stereocenters. The van der Waals surface area contributed by atoms with E-state index in [2.05, 4.69) is 20.8 Å². The fraction of sp³-hybridized carbons (Fsp3) is 0.429. The van der Waals surface area contributed by atoms with Crippen molar-refractivity contribution in [3.63, 3.8) is 0 Å². The summed E-state index contributed by atoms with van der Waals surface area (Å²) < 4.78 is 6.86. The van der Waals surface area contributed by atoms with Gasteiger partial charge in [-0.1, -0.05) is 6.07 Å². The second-order valence-electron chi connectivity index (χ2n) is 5.41. The van der Waals surface area contributed by atoms with Gasteiger partial charge in [0.05, 0.1) is 5.69 Å². The van der Waals surface area contributed by atoms with Crippen LogP contribution in [0.25, 0.3) is 5.69 Å². The summed E-state index contributed by atoms with van der Waals surface area (Å²) in [5.74, 6) is 0.476. The lowest BCUT2D eigenvalue weighted by molar-refractivity contribution is -0.124. The molecule has 1 aliphatic heterocycles. The molecule has 1 aliphatic rings. The number of hydrogen-bond donors (Lipinski definition) is 2. The van der Waals surface area contributed by atoms with Gasteiger partial charge < -0.3 is 15.8 Å². The number of rotatable bonds is 3. The van der Waals surface area contributed by atoms with Crippen molar-refractivity contribution in [3.8, 4) is 5.69 Å². The Bertz CT molecular complexity index is 683. The molecule has 0 spiro atoms. The normalized spacial score (nSPS) is 16.4. The molecule has 3 N–H and O–H groups in total. The lowest BCUT2D eigenvalue weighted by Crippen LogP contribution is -2.54. The molecule has 1 saturated heterocycles. The molecule has 1 fully saturated rings. The van der Waals surface area contributed by atoms with Crippen LogP contribution in [0.4, 0.5) is 5.69 Å². The molecule has 9 heteroatoms. The molecule has 1 aromatic heterocycles. The number of aromatic nitrogens is 4. The van der Waals surface area contributed by atoms with Crippen molar-refractivity contribution in [3.05, 3.63) is 30.1 Å². The Morgan fingerprint density at radius 2 is 2.13 bits per heavy atom. The molecule has 2 heterocycles. The fourth-order valence-electron chi connectivity index (χ4n) is 2.40. The third-order valence-electron chi connectivity index (χ3n) is 3.81. The van der Waals surface area contributed by atoms with Crippen LogP contribution < -0.4 is 11.1 Å². The minimum atomic E-state index is -0.876. The maximum atomic E-state index is 12.4. The zero-order valence-electron chi connectivity index (χ0n) is 12.7. The summed E-state index contributed by atoms with van der Waals surface area (Å²) in [7, 11) is 0. The Labute approximate surface area is 139 Å². The molecule has 0 bridgehead atoms. The number of nitrogens with one attached hydrogen (secondary N) is 1. The number of ether oxygens (including phenoxy) is 1. The topological polar surface area (TPSA) is 108 Å². The van der Waals surface area contributed by atoms with E-state index in [4.69, 9.17) is 10.5 Å². The molecule has 0 saturated carbocycles. The van der Waals surface area contributed by atoms with Gasteiger partial charge in [0.1, 0.15) is 5.54 Å². The van der Waals surface area contributed by atoms with Gasteiger partial charge in [0.15, 0.2) is 5.82 Å². The fourth-order valence-corrected chi connectivity index (χ4v) is 2.40. The van der Waals surface area contributed by atoms with Gasteiger partial charge in [0.2, 0.25) is 5.91 Å². The van der Waals surface area contributed by atoms with Crippen LogP contribution in [0.15, 0.2) is 24.3 Å². The summed E-state index contributed by atoms with van der Waals surface area (Å²) in [6.07, 6.45) is 1.04. The van der Waals surface area contributed by atoms with E-state index < -0.39 is 5.54 Å². The zero-order valence-corrected chi connectivity index (χ0v) is 13.5. The van der Waals surface area contributed by atoms with Crippen LogP contribution in [0.3, 0.4) is 0 Å². The van der Waals surface area contributed by atoms with Gasteiger partial charge in [-0.05, 0) is 48.4 Å². The maximum Gasteiger partial charge on any atom is 0.244 e. The molecule has 2 aromatic rings. The van der Waals surface area contributed by atoms with Gasteiger partial charge in [-0.25, -0.2) is 0 Å². The summed E-state index contributed by atoms with van der Waals surface area (Å²) in [4.78, 5) is 12.4. The molecular formula is C14H19ClN6O2. The van der Waals surface area contributed by atoms with Crippen molar-refractivity contribution >= 4 is 24.0 Å². The van der Waals surface area contributed by atoms with Crippen LogP contribution in [-0.4, -0.2) is 44.9 Å². The number of anilines is 1. The Hall–Kier alpha value is -2.03. The molecular weight excluding hydrogens is 320 g/mol. The van der Waals surface area contributed by atoms with E-state index >= 15 is 0 Å². The molecule has 3 rings (SSSR count). The number of halogens is 1. The van der Waals surface area contributed by atoms with Crippen LogP contribution in [-0.2, 0) is 9.53 Å². The van der Waals surface area contributed by atoms with Gasteiger partial charge in [0, 0.05) is 18.9 Å². The average molecular weight is 339 g/mol. The van der Waals surface area contributed by atoms with Crippen LogP contribution in [0.5, 0.6) is 0 Å². The van der Waals surface area contributed by atoms with Crippen molar-refractivity contribution in [2.45, 2.75) is 25.3 Å². The van der Waals surface area contributed by atoms with Gasteiger partial charge in [-0.15, -0.1) is 17.5 Å². The molecule has 8 nitrogen and oxygen atoms in total. The number of hydrogen-bond acceptors (Lipinski definition) is 6. The van der Waals surface area contributed by atoms with Crippen molar-refractivity contribution in [2.24, 2.45) is 5.73 Å². The summed E-state index contributed by atoms with van der Waals surface area (Å²) in [6.45, 7) is 2.82. The summed E-state index contributed by atoms with van der Waals surface area (Å²) in [5, 5.41) is 14.2. The standard InChI is InChI=1S/C14H18N6O2.ClH/c1-10-17-18-19-20(10)12-4-2-3-11(9-12)16-13(21)14(15)5-7-22-8-6-14;/h2-4,9H,5-8,15H2,1H3,(H,16,21);1H. The van der Waals surface area contributed by atoms with Crippen LogP contribution in [0.1, 0.15) is 18.7 Å². The molecule has 0 radical (unpaired) electrons. The van der Waals surface area contributed by atoms with Gasteiger partial charge in [0.25, 0.3) is 0 Å². The van der Waals surface area contributed by atoms with E-state index in [1.807, 2.05) is 31.2 Å². The maximum absolute atomic E-state index is 12.4. The molecule has 124 valence electrons. The first-order valence-corrected chi connectivity index (χ1v) is 7.12. The van der Waals surface area contributed by atoms with Gasteiger partial charge >= 0.3 is 0 Å². The van der Waals surface area contributed by atoms with Crippen molar-refractivity contribution in [1.29, 1.82) is 0 Å². The highest BCUT2D eigenvalue weighted by atomic mass is 35.5. The first kappa shape index (κ1) is 17.3. The number of aryl methyl sites for hydroxylation is 1. The third kappa shape index (κ3) is 3.66. The number of carbonyl (C=O) groups is 1. The van der Waals surface area contributed by atoms with E-state index in [-0.39, 0.29) is 18.3 Å². The predicted molar refractivity (Wildman–Crippen MR) is 86.7 cm³/mol. The lowest BCUT2D eigenvalue weighted by atomic mass is 9.90. The first-order valence-electron chi connectivity index (χ1n) is 7.12. The average Bonchev–Trinajstić information content (AvgIpc) is 2.94. The van der Waals surface area contributed by atoms with E-state index in [1.165, 1.54) is 0 Å². The minimum Gasteiger partial charge on any atom is -0.381 e. The molecule has 0 unspecified atom stereocenters. The van der Waals surface area contributed by atoms with Crippen LogP contribution in [0.2, 0.25) is 0 Å². The van der Waals surface area contributed by atoms with E-state index in [0.29, 0.717) is 37.6 Å². The number of nitrogens with zero attached hydrogens (tertiary/aromatic N) is 4. The SMILES string of the molecule is Cc1nnnn1-c1cccc(NC(=O)C2(N)CCOCC2)c1.Cl. The Balaban J connectivity index is 0.00000192. The highest BCUT2D eigenvalue weighted by Gasteiger charge is 2.35. The van der Waals surface area contributed by atoms with E-state index in [9.17, 15) is 4.79 Å². The van der Waals surface area contributed by atoms with E-state index in [0.717, 1.165) is 5.69 Å². The monoisotopic (exact) mass is 338 g/mol. The highest BCUT2D eigenvalue weighted by Crippen LogP contribution is 2.21. The molecule has 0 aliphatic carbocycles. The van der Waals surface area contributed by atoms with Crippen molar-refractivity contribution in [2.75, 3.05) is 18.5 Å². The van der Waals surface area contributed by atoms with Crippen molar-refractivity contribution < 1.29 is 9.53 Å². The van der Waals surface area contributed by atoms with Gasteiger partial charge in [-0.2, -0.15) is 4.68 Å². The Kier molecular flexibility index (Phi) is 5.30. The zero-order chi connectivity index (χ0) is 15.6. The third-order valence-corrected chi connectivity index (χ3v) is 3.81. The predicted octanol–water partition coefficient (Wildman–Crippen LogP) is 0.839. The van der Waals surface area contributed by atoms with Crippen LogP contribution in [0, 0.1) is 6.92 Å². The molecule has 1 aromatic carbocycles. The molecule has 1 amide bonds. The van der Waals surface area contributed by atoms with E-state index in [1.54, 1.807) is 4.68 Å². The summed E-state index contributed by atoms with van der Waals surface area (Å²) in [5.41, 5.74) is 6.74. The largest absolute Gasteiger partial charge is 0.381 e. The van der Waals surface area contributed by atoms with Crippen LogP contribution >= 0.6 is 12.4 Å². The van der Waals surface area contributed by atoms with Gasteiger partial charge in [-0.3, -0.25) is 4.79 Å². The number of benzene rings is 1. The quantitative estimate of drug-likeness (QED) is 0.858. The number of nitrogens with two attached hydrogens (primary N) is 1. The summed E-state index contributed by atoms with van der Waals surface area (Å²) in [6, 6.07) is 7.32. The number of carbonyl (C=O) groups excluding carboxylic acids is 1. The second-order valence-corrected chi connectivity index (χ2v) is 5.41. The Morgan fingerprint density at radius 1 is 1.39 bits per heavy atom. The van der Waals surface area contributed by atoms with Crippen molar-refractivity contribution in [1.82, 2.24) is 20.2 Å². The molecule has 23 heavy (non-hydrogen) atoms. The lowest BCUT2D eigenvalue weighted by Gasteiger charge is -2.31. The first-order chi connectivity index (χ1) is 10.6. The number of amides is 1. The minimum absolute atomic E-state index is 0. The number of tetrazole rings is 1.